The lowest BCUT2D eigenvalue weighted by atomic mass is 10.1. The fraction of sp³-hybridized carbons (Fsp3) is 0.286. The minimum Gasteiger partial charge on any atom is -0.497 e. The highest BCUT2D eigenvalue weighted by molar-refractivity contribution is 6.02. The molecule has 1 saturated heterocycles. The van der Waals surface area contributed by atoms with Gasteiger partial charge in [-0.3, -0.25) is 24.5 Å². The van der Waals surface area contributed by atoms with E-state index in [0.29, 0.717) is 17.0 Å². The number of ketones is 1. The first kappa shape index (κ1) is 21.0. The maximum Gasteiger partial charge on any atom is 0.312 e. The quantitative estimate of drug-likeness (QED) is 0.297. The molecule has 0 aliphatic carbocycles. The highest BCUT2D eigenvalue weighted by Crippen LogP contribution is 2.28. The van der Waals surface area contributed by atoms with Gasteiger partial charge in [0.2, 0.25) is 11.7 Å². The molecule has 9 nitrogen and oxygen atoms in total. The number of rotatable bonds is 7. The summed E-state index contributed by atoms with van der Waals surface area (Å²) in [7, 11) is 1.52. The highest BCUT2D eigenvalue weighted by atomic mass is 16.6. The van der Waals surface area contributed by atoms with Gasteiger partial charge in [0.15, 0.2) is 6.10 Å². The summed E-state index contributed by atoms with van der Waals surface area (Å²) in [6.45, 7) is 1.56. The monoisotopic (exact) mass is 412 g/mol. The Bertz CT molecular complexity index is 970. The number of nitro benzene ring substituents is 1. The third-order valence-electron chi connectivity index (χ3n) is 4.87. The molecule has 0 saturated carbocycles. The molecule has 0 aromatic heterocycles. The molecule has 2 atom stereocenters. The second-order valence-corrected chi connectivity index (χ2v) is 6.85. The van der Waals surface area contributed by atoms with E-state index in [1.165, 1.54) is 43.2 Å². The first-order chi connectivity index (χ1) is 14.3. The number of nitro groups is 1. The van der Waals surface area contributed by atoms with Crippen molar-refractivity contribution in [1.82, 2.24) is 0 Å². The van der Waals surface area contributed by atoms with Crippen LogP contribution in [0.25, 0.3) is 0 Å². The molecule has 0 unspecified atom stereocenters. The second kappa shape index (κ2) is 8.73. The van der Waals surface area contributed by atoms with Crippen LogP contribution in [-0.2, 0) is 14.3 Å². The van der Waals surface area contributed by atoms with Crippen molar-refractivity contribution in [2.24, 2.45) is 5.92 Å². The van der Waals surface area contributed by atoms with Gasteiger partial charge in [0, 0.05) is 36.3 Å². The Morgan fingerprint density at radius 3 is 2.33 bits per heavy atom. The average Bonchev–Trinajstić information content (AvgIpc) is 3.15. The van der Waals surface area contributed by atoms with Crippen LogP contribution in [0.5, 0.6) is 5.75 Å². The van der Waals surface area contributed by atoms with E-state index in [-0.39, 0.29) is 30.3 Å². The summed E-state index contributed by atoms with van der Waals surface area (Å²) >= 11 is 0. The second-order valence-electron chi connectivity index (χ2n) is 6.85. The normalized spacial score (nSPS) is 16.8. The van der Waals surface area contributed by atoms with Crippen molar-refractivity contribution in [3.05, 3.63) is 64.2 Å². The van der Waals surface area contributed by atoms with Gasteiger partial charge >= 0.3 is 5.97 Å². The molecule has 1 amide bonds. The number of amides is 1. The summed E-state index contributed by atoms with van der Waals surface area (Å²) in [5, 5.41) is 10.8. The van der Waals surface area contributed by atoms with E-state index >= 15 is 0 Å². The van der Waals surface area contributed by atoms with Crippen LogP contribution in [0.4, 0.5) is 11.4 Å². The number of esters is 1. The lowest BCUT2D eigenvalue weighted by Gasteiger charge is -2.17. The number of anilines is 1. The van der Waals surface area contributed by atoms with E-state index in [1.54, 1.807) is 24.3 Å². The van der Waals surface area contributed by atoms with Crippen LogP contribution in [0.1, 0.15) is 23.7 Å². The Kier molecular flexibility index (Phi) is 6.10. The zero-order valence-electron chi connectivity index (χ0n) is 16.4. The molecule has 1 fully saturated rings. The summed E-state index contributed by atoms with van der Waals surface area (Å²) < 4.78 is 10.4. The number of carbonyl (C=O) groups is 3. The fourth-order valence-electron chi connectivity index (χ4n) is 3.18. The van der Waals surface area contributed by atoms with Gasteiger partial charge < -0.3 is 14.4 Å². The van der Waals surface area contributed by atoms with Crippen molar-refractivity contribution in [2.45, 2.75) is 19.4 Å². The Labute approximate surface area is 172 Å². The van der Waals surface area contributed by atoms with Crippen molar-refractivity contribution in [1.29, 1.82) is 0 Å². The molecule has 3 rings (SSSR count). The predicted molar refractivity (Wildman–Crippen MR) is 106 cm³/mol. The lowest BCUT2D eigenvalue weighted by molar-refractivity contribution is -0.384. The van der Waals surface area contributed by atoms with E-state index in [0.717, 1.165) is 0 Å². The molecule has 1 aliphatic rings. The summed E-state index contributed by atoms with van der Waals surface area (Å²) in [6, 6.07) is 12.0. The third kappa shape index (κ3) is 4.45. The van der Waals surface area contributed by atoms with Gasteiger partial charge in [-0.05, 0) is 43.3 Å². The number of nitrogens with zero attached hydrogens (tertiary/aromatic N) is 2. The molecule has 0 radical (unpaired) electrons. The lowest BCUT2D eigenvalue weighted by Crippen LogP contribution is -2.30. The van der Waals surface area contributed by atoms with Crippen LogP contribution in [0, 0.1) is 16.0 Å². The van der Waals surface area contributed by atoms with Gasteiger partial charge in [0.25, 0.3) is 5.69 Å². The number of methoxy groups -OCH3 is 1. The molecule has 2 aromatic carbocycles. The van der Waals surface area contributed by atoms with Gasteiger partial charge in [0.05, 0.1) is 18.0 Å². The van der Waals surface area contributed by atoms with Crippen molar-refractivity contribution < 1.29 is 28.8 Å². The molecule has 0 spiro atoms. The number of carbonyl (C=O) groups excluding carboxylic acids is 3. The predicted octanol–water partition coefficient (Wildman–Crippen LogP) is 2.77. The van der Waals surface area contributed by atoms with Crippen molar-refractivity contribution >= 4 is 29.0 Å². The summed E-state index contributed by atoms with van der Waals surface area (Å²) in [5.74, 6) is -1.41. The van der Waals surface area contributed by atoms with Gasteiger partial charge in [0.1, 0.15) is 5.75 Å². The molecule has 30 heavy (non-hydrogen) atoms. The number of hydrogen-bond donors (Lipinski definition) is 0. The molecule has 1 heterocycles. The minimum absolute atomic E-state index is 0.0563. The van der Waals surface area contributed by atoms with Crippen LogP contribution in [0.15, 0.2) is 48.5 Å². The number of ether oxygens (including phenoxy) is 2. The van der Waals surface area contributed by atoms with E-state index in [1.807, 2.05) is 0 Å². The topological polar surface area (TPSA) is 116 Å². The SMILES string of the molecule is COc1ccc(C(=O)[C@@H](C)OC(=O)[C@H]2CC(=O)N(c3ccc([N+](=O)[O-])cc3)C2)cc1. The number of hydrogen-bond acceptors (Lipinski definition) is 7. The van der Waals surface area contributed by atoms with Crippen LogP contribution in [-0.4, -0.2) is 42.3 Å². The Morgan fingerprint density at radius 2 is 1.77 bits per heavy atom. The van der Waals surface area contributed by atoms with Crippen LogP contribution >= 0.6 is 0 Å². The maximum absolute atomic E-state index is 12.5. The van der Waals surface area contributed by atoms with Crippen LogP contribution < -0.4 is 9.64 Å². The Hall–Kier alpha value is -3.75. The van der Waals surface area contributed by atoms with E-state index < -0.39 is 22.9 Å². The molecular weight excluding hydrogens is 392 g/mol. The van der Waals surface area contributed by atoms with Crippen molar-refractivity contribution in [2.75, 3.05) is 18.6 Å². The Balaban J connectivity index is 1.62. The molecule has 0 bridgehead atoms. The first-order valence-electron chi connectivity index (χ1n) is 9.23. The maximum atomic E-state index is 12.5. The summed E-state index contributed by atoms with van der Waals surface area (Å²) in [4.78, 5) is 48.9. The molecule has 2 aromatic rings. The smallest absolute Gasteiger partial charge is 0.312 e. The Morgan fingerprint density at radius 1 is 1.13 bits per heavy atom. The number of Topliss-reactive ketones (excluding diaryl/α,β-unsaturated/α-hetero) is 1. The summed E-state index contributed by atoms with van der Waals surface area (Å²) in [5.41, 5.74) is 0.751. The van der Waals surface area contributed by atoms with Gasteiger partial charge in [-0.15, -0.1) is 0 Å². The first-order valence-corrected chi connectivity index (χ1v) is 9.23. The number of benzene rings is 2. The largest absolute Gasteiger partial charge is 0.497 e. The fourth-order valence-corrected chi connectivity index (χ4v) is 3.18. The average molecular weight is 412 g/mol. The molecular formula is C21H20N2O7. The van der Waals surface area contributed by atoms with E-state index in [9.17, 15) is 24.5 Å². The standard InChI is InChI=1S/C21H20N2O7/c1-13(20(25)14-3-9-18(29-2)10-4-14)30-21(26)15-11-19(24)22(12-15)16-5-7-17(8-6-16)23(27)28/h3-10,13,15H,11-12H2,1-2H3/t13-,15+/m1/s1. The van der Waals surface area contributed by atoms with E-state index in [2.05, 4.69) is 0 Å². The van der Waals surface area contributed by atoms with E-state index in [4.69, 9.17) is 9.47 Å². The van der Waals surface area contributed by atoms with Crippen LogP contribution in [0.3, 0.4) is 0 Å². The highest BCUT2D eigenvalue weighted by Gasteiger charge is 2.37. The zero-order chi connectivity index (χ0) is 21.8. The molecule has 156 valence electrons. The zero-order valence-corrected chi connectivity index (χ0v) is 16.4. The van der Waals surface area contributed by atoms with Gasteiger partial charge in [-0.25, -0.2) is 0 Å². The molecule has 1 aliphatic heterocycles. The van der Waals surface area contributed by atoms with Gasteiger partial charge in [-0.1, -0.05) is 0 Å². The van der Waals surface area contributed by atoms with Crippen molar-refractivity contribution in [3.63, 3.8) is 0 Å². The van der Waals surface area contributed by atoms with Gasteiger partial charge in [-0.2, -0.15) is 0 Å². The molecule has 9 heteroatoms. The van der Waals surface area contributed by atoms with Crippen molar-refractivity contribution in [3.8, 4) is 5.75 Å². The minimum atomic E-state index is -1.01. The molecule has 0 N–H and O–H groups in total. The third-order valence-corrected chi connectivity index (χ3v) is 4.87. The number of non-ortho nitro benzene ring substituents is 1. The van der Waals surface area contributed by atoms with Crippen LogP contribution in [0.2, 0.25) is 0 Å². The summed E-state index contributed by atoms with van der Waals surface area (Å²) in [6.07, 6.45) is -1.06.